The average Bonchev–Trinajstić information content (AvgIpc) is 3.28. The quantitative estimate of drug-likeness (QED) is 0.499. The molecule has 2 N–H and O–H groups in total. The molecule has 2 aromatic carbocycles. The third-order valence-corrected chi connectivity index (χ3v) is 7.92. The molecule has 3 atom stereocenters. The Morgan fingerprint density at radius 2 is 1.85 bits per heavy atom. The third-order valence-electron chi connectivity index (χ3n) is 5.32. The van der Waals surface area contributed by atoms with E-state index in [1.807, 2.05) is 24.3 Å². The molecule has 1 fully saturated rings. The van der Waals surface area contributed by atoms with Crippen LogP contribution in [0.15, 0.2) is 54.6 Å². The van der Waals surface area contributed by atoms with Gasteiger partial charge in [-0.1, -0.05) is 30.3 Å². The predicted molar refractivity (Wildman–Crippen MR) is 131 cm³/mol. The van der Waals surface area contributed by atoms with Crippen molar-refractivity contribution in [2.75, 3.05) is 31.4 Å². The van der Waals surface area contributed by atoms with Crippen molar-refractivity contribution in [1.82, 2.24) is 5.32 Å². The molecule has 3 rings (SSSR count). The van der Waals surface area contributed by atoms with Crippen LogP contribution in [0.3, 0.4) is 0 Å². The summed E-state index contributed by atoms with van der Waals surface area (Å²) >= 11 is 1.69. The number of carbonyl (C=O) groups is 2. The molecule has 11 heteroatoms. The van der Waals surface area contributed by atoms with Crippen molar-refractivity contribution >= 4 is 39.3 Å². The van der Waals surface area contributed by atoms with Gasteiger partial charge >= 0.3 is 12.1 Å². The van der Waals surface area contributed by atoms with Gasteiger partial charge in [0.15, 0.2) is 9.84 Å². The molecule has 0 bridgehead atoms. The molecule has 184 valence electrons. The highest BCUT2D eigenvalue weighted by atomic mass is 32.2. The van der Waals surface area contributed by atoms with E-state index in [9.17, 15) is 23.1 Å². The summed E-state index contributed by atoms with van der Waals surface area (Å²) in [7, 11) is -2.18. The van der Waals surface area contributed by atoms with Crippen molar-refractivity contribution in [3.8, 4) is 5.75 Å². The topological polar surface area (TPSA) is 122 Å². The van der Waals surface area contributed by atoms with Crippen molar-refractivity contribution < 1.29 is 32.6 Å². The van der Waals surface area contributed by atoms with Gasteiger partial charge in [-0.05, 0) is 36.2 Å². The lowest BCUT2D eigenvalue weighted by Gasteiger charge is -2.26. The zero-order valence-corrected chi connectivity index (χ0v) is 20.6. The van der Waals surface area contributed by atoms with Crippen molar-refractivity contribution in [2.24, 2.45) is 0 Å². The van der Waals surface area contributed by atoms with E-state index in [2.05, 4.69) is 5.32 Å². The first-order chi connectivity index (χ1) is 16.2. The van der Waals surface area contributed by atoms with Crippen LogP contribution in [0.2, 0.25) is 0 Å². The maximum Gasteiger partial charge on any atom is 0.416 e. The Morgan fingerprint density at radius 3 is 2.44 bits per heavy atom. The number of methoxy groups -OCH3 is 1. The normalized spacial score (nSPS) is 18.8. The van der Waals surface area contributed by atoms with Gasteiger partial charge in [0, 0.05) is 29.5 Å². The second kappa shape index (κ2) is 11.6. The highest BCUT2D eigenvalue weighted by Crippen LogP contribution is 2.29. The predicted octanol–water partition coefficient (Wildman–Crippen LogP) is 2.76. The lowest BCUT2D eigenvalue weighted by Crippen LogP contribution is -2.47. The van der Waals surface area contributed by atoms with Gasteiger partial charge < -0.3 is 19.9 Å². The number of sulfone groups is 1. The number of hydrogen-bond donors (Lipinski definition) is 2. The van der Waals surface area contributed by atoms with Gasteiger partial charge in [-0.15, -0.1) is 0 Å². The minimum absolute atomic E-state index is 0.124. The summed E-state index contributed by atoms with van der Waals surface area (Å²) in [6.45, 7) is -0.0929. The molecule has 0 radical (unpaired) electrons. The number of carbonyl (C=O) groups excluding carboxylic acids is 1. The van der Waals surface area contributed by atoms with Crippen LogP contribution in [-0.4, -0.2) is 68.8 Å². The van der Waals surface area contributed by atoms with Gasteiger partial charge in [0.1, 0.15) is 12.3 Å². The van der Waals surface area contributed by atoms with Crippen molar-refractivity contribution in [3.63, 3.8) is 0 Å². The molecule has 0 aromatic heterocycles. The Hall–Kier alpha value is -2.76. The Kier molecular flexibility index (Phi) is 8.81. The fourth-order valence-corrected chi connectivity index (χ4v) is 5.88. The number of para-hydroxylation sites is 1. The Labute approximate surface area is 203 Å². The standard InChI is InChI=1S/C23H28N2O7S2/c1-31-18-10-8-16(9-11-18)15-33-19-12-20(24-13-19)22(34(2,29)30)32-23(28)25(14-21(26)27)17-6-4-3-5-7-17/h3-11,19-20,22,24H,12-15H2,1-2H3,(H,26,27). The lowest BCUT2D eigenvalue weighted by atomic mass is 10.2. The van der Waals surface area contributed by atoms with Crippen molar-refractivity contribution in [1.29, 1.82) is 0 Å². The largest absolute Gasteiger partial charge is 0.497 e. The lowest BCUT2D eigenvalue weighted by molar-refractivity contribution is -0.135. The van der Waals surface area contributed by atoms with E-state index in [0.29, 0.717) is 18.7 Å². The minimum atomic E-state index is -3.79. The summed E-state index contributed by atoms with van der Waals surface area (Å²) in [4.78, 5) is 25.1. The molecule has 2 aromatic rings. The number of nitrogens with one attached hydrogen (secondary N) is 1. The molecule has 9 nitrogen and oxygen atoms in total. The van der Waals surface area contributed by atoms with Gasteiger partial charge in [-0.25, -0.2) is 13.2 Å². The number of carboxylic acids is 1. The van der Waals surface area contributed by atoms with Gasteiger partial charge in [-0.2, -0.15) is 11.8 Å². The highest BCUT2D eigenvalue weighted by Gasteiger charge is 2.40. The van der Waals surface area contributed by atoms with E-state index in [4.69, 9.17) is 9.47 Å². The van der Waals surface area contributed by atoms with Crippen LogP contribution in [0.25, 0.3) is 0 Å². The second-order valence-electron chi connectivity index (χ2n) is 7.93. The molecule has 1 amide bonds. The van der Waals surface area contributed by atoms with Gasteiger partial charge in [0.05, 0.1) is 13.2 Å². The number of thioether (sulfide) groups is 1. The van der Waals surface area contributed by atoms with Crippen molar-refractivity contribution in [2.45, 2.75) is 28.9 Å². The summed E-state index contributed by atoms with van der Waals surface area (Å²) < 4.78 is 35.6. The van der Waals surface area contributed by atoms with Crippen LogP contribution >= 0.6 is 11.8 Å². The molecule has 1 aliphatic heterocycles. The number of nitrogens with zero attached hydrogens (tertiary/aromatic N) is 1. The number of rotatable bonds is 10. The molecule has 34 heavy (non-hydrogen) atoms. The Morgan fingerprint density at radius 1 is 1.18 bits per heavy atom. The van der Waals surface area contributed by atoms with Crippen LogP contribution in [0.1, 0.15) is 12.0 Å². The highest BCUT2D eigenvalue weighted by molar-refractivity contribution is 7.99. The third kappa shape index (κ3) is 7.12. The maximum absolute atomic E-state index is 12.9. The maximum atomic E-state index is 12.9. The van der Waals surface area contributed by atoms with Crippen LogP contribution in [0.4, 0.5) is 10.5 Å². The van der Waals surface area contributed by atoms with E-state index in [-0.39, 0.29) is 5.25 Å². The molecule has 3 unspecified atom stereocenters. The summed E-state index contributed by atoms with van der Waals surface area (Å²) in [5.74, 6) is 0.277. The fourth-order valence-electron chi connectivity index (χ4n) is 3.64. The first kappa shape index (κ1) is 25.9. The molecule has 0 spiro atoms. The summed E-state index contributed by atoms with van der Waals surface area (Å²) in [6, 6.07) is 15.3. The van der Waals surface area contributed by atoms with Crippen LogP contribution in [0.5, 0.6) is 5.75 Å². The number of ether oxygens (including phenoxy) is 2. The average molecular weight is 509 g/mol. The summed E-state index contributed by atoms with van der Waals surface area (Å²) in [6.07, 6.45) is 0.463. The first-order valence-electron chi connectivity index (χ1n) is 10.6. The fraction of sp³-hybridized carbons (Fsp3) is 0.391. The minimum Gasteiger partial charge on any atom is -0.497 e. The molecule has 1 heterocycles. The van der Waals surface area contributed by atoms with E-state index >= 15 is 0 Å². The summed E-state index contributed by atoms with van der Waals surface area (Å²) in [5.41, 5.74) is -0.0198. The molecule has 0 aliphatic carbocycles. The molecule has 1 saturated heterocycles. The van der Waals surface area contributed by atoms with Gasteiger partial charge in [0.2, 0.25) is 5.44 Å². The first-order valence-corrected chi connectivity index (χ1v) is 13.6. The van der Waals surface area contributed by atoms with E-state index in [0.717, 1.165) is 28.2 Å². The number of benzene rings is 2. The second-order valence-corrected chi connectivity index (χ2v) is 11.3. The number of anilines is 1. The zero-order chi connectivity index (χ0) is 24.7. The number of aliphatic carboxylic acids is 1. The van der Waals surface area contributed by atoms with E-state index in [1.165, 1.54) is 0 Å². The summed E-state index contributed by atoms with van der Waals surface area (Å²) in [5, 5.41) is 12.5. The van der Waals surface area contributed by atoms with Gasteiger partial charge in [-0.3, -0.25) is 9.69 Å². The van der Waals surface area contributed by atoms with E-state index in [1.54, 1.807) is 49.2 Å². The molecular formula is C23H28N2O7S2. The number of carboxylic acid groups (broad SMARTS) is 1. The van der Waals surface area contributed by atoms with E-state index < -0.39 is 39.9 Å². The van der Waals surface area contributed by atoms with Crippen LogP contribution in [0, 0.1) is 0 Å². The van der Waals surface area contributed by atoms with Crippen LogP contribution in [-0.2, 0) is 25.1 Å². The molecule has 1 aliphatic rings. The van der Waals surface area contributed by atoms with Crippen molar-refractivity contribution in [3.05, 3.63) is 60.2 Å². The molecular weight excluding hydrogens is 480 g/mol. The Bertz CT molecular complexity index is 1080. The van der Waals surface area contributed by atoms with Crippen LogP contribution < -0.4 is 15.0 Å². The SMILES string of the molecule is COc1ccc(CSC2CNC(C(OC(=O)N(CC(=O)O)c3ccccc3)S(C)(=O)=O)C2)cc1. The molecule has 0 saturated carbocycles. The van der Waals surface area contributed by atoms with Gasteiger partial charge in [0.25, 0.3) is 0 Å². The smallest absolute Gasteiger partial charge is 0.416 e. The number of amides is 1. The Balaban J connectivity index is 1.66. The monoisotopic (exact) mass is 508 g/mol. The number of hydrogen-bond acceptors (Lipinski definition) is 8. The zero-order valence-electron chi connectivity index (χ0n) is 18.9.